The summed E-state index contributed by atoms with van der Waals surface area (Å²) < 4.78 is 0. The highest BCUT2D eigenvalue weighted by Crippen LogP contribution is 2.18. The van der Waals surface area contributed by atoms with Crippen LogP contribution >= 0.6 is 0 Å². The smallest absolute Gasteiger partial charge is 0.320 e. The number of aromatic nitrogens is 2. The zero-order valence-electron chi connectivity index (χ0n) is 10.9. The Labute approximate surface area is 111 Å². The summed E-state index contributed by atoms with van der Waals surface area (Å²) in [5.74, 6) is -0.566. The number of urea groups is 1. The molecule has 0 unspecified atom stereocenters. The molecule has 1 aromatic heterocycles. The molecule has 1 saturated heterocycles. The molecular weight excluding hydrogens is 248 g/mol. The van der Waals surface area contributed by atoms with E-state index in [0.29, 0.717) is 25.3 Å². The molecule has 19 heavy (non-hydrogen) atoms. The van der Waals surface area contributed by atoms with Gasteiger partial charge in [-0.1, -0.05) is 0 Å². The van der Waals surface area contributed by atoms with E-state index in [1.807, 2.05) is 0 Å². The van der Waals surface area contributed by atoms with E-state index in [2.05, 4.69) is 9.97 Å². The van der Waals surface area contributed by atoms with Gasteiger partial charge in [-0.25, -0.2) is 9.78 Å². The molecule has 2 amide bonds. The Kier molecular flexibility index (Phi) is 4.03. The third-order valence-corrected chi connectivity index (χ3v) is 3.31. The van der Waals surface area contributed by atoms with Gasteiger partial charge in [-0.15, -0.1) is 0 Å². The zero-order chi connectivity index (χ0) is 13.8. The lowest BCUT2D eigenvalue weighted by molar-refractivity contribution is -0.143. The molecule has 0 aliphatic carbocycles. The molecule has 7 heteroatoms. The summed E-state index contributed by atoms with van der Waals surface area (Å²) >= 11 is 0. The summed E-state index contributed by atoms with van der Waals surface area (Å²) in [5.41, 5.74) is 0. The van der Waals surface area contributed by atoms with E-state index < -0.39 is 11.9 Å². The maximum Gasteiger partial charge on any atom is 0.320 e. The highest BCUT2D eigenvalue weighted by molar-refractivity contribution is 5.76. The van der Waals surface area contributed by atoms with E-state index in [1.54, 1.807) is 29.2 Å². The van der Waals surface area contributed by atoms with Crippen molar-refractivity contribution in [2.75, 3.05) is 20.1 Å². The predicted octanol–water partition coefficient (Wildman–Crippen LogP) is 0.758. The Bertz CT molecular complexity index is 446. The SMILES string of the molecule is CN(Cc1ncc[nH]1)C(=O)N1CCC[C@@H](C(=O)O)C1. The predicted molar refractivity (Wildman–Crippen MR) is 67.4 cm³/mol. The Balaban J connectivity index is 1.93. The third-order valence-electron chi connectivity index (χ3n) is 3.31. The number of carboxylic acid groups (broad SMARTS) is 1. The maximum absolute atomic E-state index is 12.2. The molecule has 2 heterocycles. The van der Waals surface area contributed by atoms with Crippen LogP contribution in [0.3, 0.4) is 0 Å². The van der Waals surface area contributed by atoms with Crippen molar-refractivity contribution in [1.29, 1.82) is 0 Å². The quantitative estimate of drug-likeness (QED) is 0.845. The van der Waals surface area contributed by atoms with E-state index in [4.69, 9.17) is 5.11 Å². The molecule has 0 aromatic carbocycles. The van der Waals surface area contributed by atoms with Crippen molar-refractivity contribution in [1.82, 2.24) is 19.8 Å². The lowest BCUT2D eigenvalue weighted by Gasteiger charge is -2.33. The van der Waals surface area contributed by atoms with Crippen molar-refractivity contribution in [2.45, 2.75) is 19.4 Å². The first-order valence-electron chi connectivity index (χ1n) is 6.29. The fourth-order valence-corrected chi connectivity index (χ4v) is 2.27. The highest BCUT2D eigenvalue weighted by Gasteiger charge is 2.29. The van der Waals surface area contributed by atoms with Gasteiger partial charge in [0.15, 0.2) is 0 Å². The van der Waals surface area contributed by atoms with Crippen LogP contribution in [-0.4, -0.2) is 57.0 Å². The fourth-order valence-electron chi connectivity index (χ4n) is 2.27. The molecule has 0 spiro atoms. The molecule has 2 rings (SSSR count). The molecule has 0 bridgehead atoms. The summed E-state index contributed by atoms with van der Waals surface area (Å²) in [6.07, 6.45) is 4.71. The fraction of sp³-hybridized carbons (Fsp3) is 0.583. The lowest BCUT2D eigenvalue weighted by Crippen LogP contribution is -2.47. The summed E-state index contributed by atoms with van der Waals surface area (Å²) in [7, 11) is 1.69. The number of nitrogens with zero attached hydrogens (tertiary/aromatic N) is 3. The molecule has 1 aromatic rings. The van der Waals surface area contributed by atoms with Crippen LogP contribution in [0.15, 0.2) is 12.4 Å². The number of carbonyl (C=O) groups excluding carboxylic acids is 1. The van der Waals surface area contributed by atoms with Crippen LogP contribution in [0.5, 0.6) is 0 Å². The minimum atomic E-state index is -0.828. The van der Waals surface area contributed by atoms with E-state index >= 15 is 0 Å². The molecule has 0 radical (unpaired) electrons. The van der Waals surface area contributed by atoms with Crippen molar-refractivity contribution in [3.63, 3.8) is 0 Å². The van der Waals surface area contributed by atoms with Crippen LogP contribution < -0.4 is 0 Å². The average molecular weight is 266 g/mol. The van der Waals surface area contributed by atoms with Crippen molar-refractivity contribution in [2.24, 2.45) is 5.92 Å². The summed E-state index contributed by atoms with van der Waals surface area (Å²) in [6.45, 7) is 1.29. The normalized spacial score (nSPS) is 19.2. The zero-order valence-corrected chi connectivity index (χ0v) is 10.9. The number of aromatic amines is 1. The molecule has 2 N–H and O–H groups in total. The van der Waals surface area contributed by atoms with Gasteiger partial charge in [0.05, 0.1) is 12.5 Å². The molecule has 1 atom stereocenters. The molecule has 104 valence electrons. The van der Waals surface area contributed by atoms with Crippen molar-refractivity contribution >= 4 is 12.0 Å². The number of nitrogens with one attached hydrogen (secondary N) is 1. The second kappa shape index (κ2) is 5.73. The first kappa shape index (κ1) is 13.4. The van der Waals surface area contributed by atoms with E-state index in [-0.39, 0.29) is 12.6 Å². The van der Waals surface area contributed by atoms with Crippen molar-refractivity contribution < 1.29 is 14.7 Å². The van der Waals surface area contributed by atoms with Crippen molar-refractivity contribution in [3.05, 3.63) is 18.2 Å². The number of piperidine rings is 1. The van der Waals surface area contributed by atoms with Crippen LogP contribution in [0.2, 0.25) is 0 Å². The van der Waals surface area contributed by atoms with E-state index in [0.717, 1.165) is 6.42 Å². The van der Waals surface area contributed by atoms with Crippen LogP contribution in [0.1, 0.15) is 18.7 Å². The first-order chi connectivity index (χ1) is 9.08. The number of likely N-dealkylation sites (tertiary alicyclic amines) is 1. The minimum Gasteiger partial charge on any atom is -0.481 e. The number of imidazole rings is 1. The van der Waals surface area contributed by atoms with E-state index in [1.165, 1.54) is 0 Å². The number of carboxylic acids is 1. The van der Waals surface area contributed by atoms with Gasteiger partial charge in [-0.3, -0.25) is 4.79 Å². The van der Waals surface area contributed by atoms with Crippen LogP contribution in [-0.2, 0) is 11.3 Å². The number of carbonyl (C=O) groups is 2. The largest absolute Gasteiger partial charge is 0.481 e. The molecule has 1 aliphatic rings. The monoisotopic (exact) mass is 266 g/mol. The van der Waals surface area contributed by atoms with Crippen LogP contribution in [0.25, 0.3) is 0 Å². The number of amides is 2. The number of hydrogen-bond donors (Lipinski definition) is 2. The van der Waals surface area contributed by atoms with Gasteiger partial charge in [0.1, 0.15) is 5.82 Å². The highest BCUT2D eigenvalue weighted by atomic mass is 16.4. The van der Waals surface area contributed by atoms with Crippen molar-refractivity contribution in [3.8, 4) is 0 Å². The summed E-state index contributed by atoms with van der Waals surface area (Å²) in [4.78, 5) is 33.3. The number of hydrogen-bond acceptors (Lipinski definition) is 3. The Morgan fingerprint density at radius 2 is 2.42 bits per heavy atom. The van der Waals surface area contributed by atoms with Gasteiger partial charge in [-0.2, -0.15) is 0 Å². The average Bonchev–Trinajstić information content (AvgIpc) is 2.90. The molecule has 7 nitrogen and oxygen atoms in total. The minimum absolute atomic E-state index is 0.151. The number of aliphatic carboxylic acids is 1. The van der Waals surface area contributed by atoms with Gasteiger partial charge in [0, 0.05) is 32.5 Å². The Morgan fingerprint density at radius 1 is 1.63 bits per heavy atom. The topological polar surface area (TPSA) is 89.5 Å². The first-order valence-corrected chi connectivity index (χ1v) is 6.29. The van der Waals surface area contributed by atoms with E-state index in [9.17, 15) is 9.59 Å². The van der Waals surface area contributed by atoms with Gasteiger partial charge < -0.3 is 19.9 Å². The van der Waals surface area contributed by atoms with Gasteiger partial charge in [0.25, 0.3) is 0 Å². The number of H-pyrrole nitrogens is 1. The molecular formula is C12H18N4O3. The van der Waals surface area contributed by atoms with Crippen LogP contribution in [0, 0.1) is 5.92 Å². The summed E-state index contributed by atoms with van der Waals surface area (Å²) in [5, 5.41) is 9.02. The summed E-state index contributed by atoms with van der Waals surface area (Å²) in [6, 6.07) is -0.151. The standard InChI is InChI=1S/C12H18N4O3/c1-15(8-10-13-4-5-14-10)12(19)16-6-2-3-9(7-16)11(17)18/h4-5,9H,2-3,6-8H2,1H3,(H,13,14)(H,17,18)/t9-/m1/s1. The molecule has 1 fully saturated rings. The van der Waals surface area contributed by atoms with Crippen LogP contribution in [0.4, 0.5) is 4.79 Å². The Morgan fingerprint density at radius 3 is 3.05 bits per heavy atom. The molecule has 0 saturated carbocycles. The second-order valence-electron chi connectivity index (χ2n) is 4.80. The second-order valence-corrected chi connectivity index (χ2v) is 4.80. The van der Waals surface area contributed by atoms with Gasteiger partial charge >= 0.3 is 12.0 Å². The van der Waals surface area contributed by atoms with Gasteiger partial charge in [0.2, 0.25) is 0 Å². The Hall–Kier alpha value is -2.05. The lowest BCUT2D eigenvalue weighted by atomic mass is 9.99. The number of rotatable bonds is 3. The molecule has 1 aliphatic heterocycles. The third kappa shape index (κ3) is 3.24. The van der Waals surface area contributed by atoms with Gasteiger partial charge in [-0.05, 0) is 12.8 Å². The maximum atomic E-state index is 12.2.